The minimum atomic E-state index is -0.775. The summed E-state index contributed by atoms with van der Waals surface area (Å²) in [4.78, 5) is 39.2. The Kier molecular flexibility index (Phi) is 7.25. The zero-order valence-electron chi connectivity index (χ0n) is 16.8. The van der Waals surface area contributed by atoms with Crippen LogP contribution in [0.2, 0.25) is 0 Å². The molecule has 2 atom stereocenters. The van der Waals surface area contributed by atoms with E-state index < -0.39 is 17.4 Å². The molecule has 0 bridgehead atoms. The fourth-order valence-electron chi connectivity index (χ4n) is 4.31. The molecular formula is C20H34N2O5. The third-order valence-electron chi connectivity index (χ3n) is 6.01. The Balaban J connectivity index is 1.93. The Labute approximate surface area is 161 Å². The molecule has 0 aliphatic carbocycles. The van der Waals surface area contributed by atoms with Crippen LogP contribution in [-0.2, 0) is 14.4 Å². The van der Waals surface area contributed by atoms with E-state index >= 15 is 0 Å². The third kappa shape index (κ3) is 6.19. The van der Waals surface area contributed by atoms with E-state index in [4.69, 9.17) is 5.11 Å². The molecule has 0 saturated carbocycles. The number of rotatable bonds is 6. The molecular weight excluding hydrogens is 348 g/mol. The van der Waals surface area contributed by atoms with Crippen LogP contribution in [0.4, 0.5) is 0 Å². The minimum Gasteiger partial charge on any atom is -0.481 e. The summed E-state index contributed by atoms with van der Waals surface area (Å²) in [6.45, 7) is 9.40. The second-order valence-electron chi connectivity index (χ2n) is 9.15. The van der Waals surface area contributed by atoms with Crippen LogP contribution in [0.1, 0.15) is 52.9 Å². The van der Waals surface area contributed by atoms with Crippen molar-refractivity contribution < 1.29 is 24.6 Å². The van der Waals surface area contributed by atoms with Crippen molar-refractivity contribution in [3.8, 4) is 0 Å². The first-order valence-electron chi connectivity index (χ1n) is 10.0. The number of carbonyl (C=O) groups excluding carboxylic acids is 1. The van der Waals surface area contributed by atoms with Gasteiger partial charge in [-0.2, -0.15) is 0 Å². The lowest BCUT2D eigenvalue weighted by Gasteiger charge is -2.41. The van der Waals surface area contributed by atoms with Gasteiger partial charge < -0.3 is 20.0 Å². The van der Waals surface area contributed by atoms with Crippen LogP contribution >= 0.6 is 0 Å². The van der Waals surface area contributed by atoms with Crippen LogP contribution in [0.25, 0.3) is 0 Å². The molecule has 2 fully saturated rings. The van der Waals surface area contributed by atoms with Gasteiger partial charge in [-0.25, -0.2) is 0 Å². The van der Waals surface area contributed by atoms with Crippen molar-refractivity contribution >= 4 is 17.8 Å². The van der Waals surface area contributed by atoms with E-state index in [1.807, 2.05) is 25.7 Å². The topological polar surface area (TPSA) is 98.2 Å². The summed E-state index contributed by atoms with van der Waals surface area (Å²) in [5.74, 6) is -1.32. The van der Waals surface area contributed by atoms with Crippen molar-refractivity contribution in [3.63, 3.8) is 0 Å². The highest BCUT2D eigenvalue weighted by Gasteiger charge is 2.36. The summed E-state index contributed by atoms with van der Waals surface area (Å²) < 4.78 is 0. The van der Waals surface area contributed by atoms with Crippen molar-refractivity contribution in [1.29, 1.82) is 0 Å². The smallest absolute Gasteiger partial charge is 0.306 e. The monoisotopic (exact) mass is 382 g/mol. The lowest BCUT2D eigenvalue weighted by molar-refractivity contribution is -0.144. The van der Waals surface area contributed by atoms with Crippen molar-refractivity contribution in [2.45, 2.75) is 52.9 Å². The fourth-order valence-corrected chi connectivity index (χ4v) is 4.31. The molecule has 2 aliphatic rings. The molecule has 2 N–H and O–H groups in total. The average Bonchev–Trinajstić information content (AvgIpc) is 2.59. The number of likely N-dealkylation sites (tertiary alicyclic amines) is 2. The molecule has 0 aromatic rings. The summed E-state index contributed by atoms with van der Waals surface area (Å²) in [5.41, 5.74) is -0.428. The second kappa shape index (κ2) is 9.04. The highest BCUT2D eigenvalue weighted by atomic mass is 16.4. The Morgan fingerprint density at radius 3 is 2.11 bits per heavy atom. The molecule has 0 radical (unpaired) electrons. The molecule has 2 aliphatic heterocycles. The third-order valence-corrected chi connectivity index (χ3v) is 6.01. The number of hydrogen-bond donors (Lipinski definition) is 2. The van der Waals surface area contributed by atoms with Crippen LogP contribution in [-0.4, -0.2) is 70.6 Å². The SMILES string of the molecule is CC(C)(C)C(=O)N1CCC(CC(=O)O)C(CCN2CCC(C(=O)O)CC2)C1. The van der Waals surface area contributed by atoms with E-state index in [1.54, 1.807) is 0 Å². The van der Waals surface area contributed by atoms with Gasteiger partial charge in [0.15, 0.2) is 0 Å². The Bertz CT molecular complexity index is 549. The number of carboxylic acids is 2. The Hall–Kier alpha value is -1.63. The lowest BCUT2D eigenvalue weighted by Crippen LogP contribution is -2.49. The van der Waals surface area contributed by atoms with Gasteiger partial charge >= 0.3 is 11.9 Å². The van der Waals surface area contributed by atoms with Crippen LogP contribution in [0.3, 0.4) is 0 Å². The van der Waals surface area contributed by atoms with Gasteiger partial charge in [0.25, 0.3) is 0 Å². The van der Waals surface area contributed by atoms with E-state index in [0.717, 1.165) is 32.5 Å². The molecule has 2 rings (SSSR count). The van der Waals surface area contributed by atoms with Crippen molar-refractivity contribution in [2.24, 2.45) is 23.2 Å². The summed E-state index contributed by atoms with van der Waals surface area (Å²) in [6, 6.07) is 0. The highest BCUT2D eigenvalue weighted by molar-refractivity contribution is 5.81. The van der Waals surface area contributed by atoms with Crippen LogP contribution in [0, 0.1) is 23.2 Å². The summed E-state index contributed by atoms with van der Waals surface area (Å²) in [6.07, 6.45) is 3.09. The molecule has 7 heteroatoms. The van der Waals surface area contributed by atoms with Crippen LogP contribution < -0.4 is 0 Å². The number of nitrogens with zero attached hydrogens (tertiary/aromatic N) is 2. The molecule has 2 heterocycles. The van der Waals surface area contributed by atoms with E-state index in [0.29, 0.717) is 25.9 Å². The number of piperidine rings is 2. The summed E-state index contributed by atoms with van der Waals surface area (Å²) in [7, 11) is 0. The molecule has 7 nitrogen and oxygen atoms in total. The van der Waals surface area contributed by atoms with E-state index in [2.05, 4.69) is 4.90 Å². The number of hydrogen-bond acceptors (Lipinski definition) is 4. The van der Waals surface area contributed by atoms with Gasteiger partial charge in [-0.3, -0.25) is 14.4 Å². The molecule has 2 saturated heterocycles. The molecule has 27 heavy (non-hydrogen) atoms. The van der Waals surface area contributed by atoms with Crippen molar-refractivity contribution in [2.75, 3.05) is 32.7 Å². The zero-order chi connectivity index (χ0) is 20.2. The zero-order valence-corrected chi connectivity index (χ0v) is 16.8. The average molecular weight is 383 g/mol. The van der Waals surface area contributed by atoms with E-state index in [-0.39, 0.29) is 30.1 Å². The normalized spacial score (nSPS) is 25.4. The molecule has 0 spiro atoms. The van der Waals surface area contributed by atoms with E-state index in [9.17, 15) is 19.5 Å². The van der Waals surface area contributed by atoms with Crippen molar-refractivity contribution in [1.82, 2.24) is 9.80 Å². The first-order valence-corrected chi connectivity index (χ1v) is 10.0. The summed E-state index contributed by atoms with van der Waals surface area (Å²) >= 11 is 0. The lowest BCUT2D eigenvalue weighted by atomic mass is 9.80. The number of carbonyl (C=O) groups is 3. The molecule has 1 amide bonds. The summed E-state index contributed by atoms with van der Waals surface area (Å²) in [5, 5.41) is 18.4. The molecule has 0 aromatic heterocycles. The van der Waals surface area contributed by atoms with Crippen LogP contribution in [0.15, 0.2) is 0 Å². The quantitative estimate of drug-likeness (QED) is 0.730. The van der Waals surface area contributed by atoms with Gasteiger partial charge in [0, 0.05) is 24.9 Å². The first kappa shape index (κ1) is 21.7. The van der Waals surface area contributed by atoms with E-state index in [1.165, 1.54) is 0 Å². The van der Waals surface area contributed by atoms with Gasteiger partial charge in [0.05, 0.1) is 5.92 Å². The predicted molar refractivity (Wildman–Crippen MR) is 101 cm³/mol. The van der Waals surface area contributed by atoms with Gasteiger partial charge in [-0.05, 0) is 57.2 Å². The van der Waals surface area contributed by atoms with Gasteiger partial charge in [0.2, 0.25) is 5.91 Å². The second-order valence-corrected chi connectivity index (χ2v) is 9.15. The highest BCUT2D eigenvalue weighted by Crippen LogP contribution is 2.32. The largest absolute Gasteiger partial charge is 0.481 e. The molecule has 0 aromatic carbocycles. The Morgan fingerprint density at radius 2 is 1.59 bits per heavy atom. The number of carboxylic acid groups (broad SMARTS) is 2. The van der Waals surface area contributed by atoms with Crippen molar-refractivity contribution in [3.05, 3.63) is 0 Å². The number of amides is 1. The van der Waals surface area contributed by atoms with Gasteiger partial charge in [-0.15, -0.1) is 0 Å². The predicted octanol–water partition coefficient (Wildman–Crippen LogP) is 2.16. The molecule has 2 unspecified atom stereocenters. The minimum absolute atomic E-state index is 0.100. The Morgan fingerprint density at radius 1 is 0.963 bits per heavy atom. The molecule has 154 valence electrons. The van der Waals surface area contributed by atoms with Gasteiger partial charge in [0.1, 0.15) is 0 Å². The standard InChI is InChI=1S/C20H34N2O5/c1-20(2,3)19(27)22-11-7-15(12-17(23)24)16(13-22)6-10-21-8-4-14(5-9-21)18(25)26/h14-16H,4-13H2,1-3H3,(H,23,24)(H,25,26). The maximum absolute atomic E-state index is 12.6. The van der Waals surface area contributed by atoms with Gasteiger partial charge in [-0.1, -0.05) is 20.8 Å². The maximum atomic E-state index is 12.6. The first-order chi connectivity index (χ1) is 12.6. The van der Waals surface area contributed by atoms with Crippen LogP contribution in [0.5, 0.6) is 0 Å². The number of aliphatic carboxylic acids is 2. The maximum Gasteiger partial charge on any atom is 0.306 e. The fraction of sp³-hybridized carbons (Fsp3) is 0.850.